The summed E-state index contributed by atoms with van der Waals surface area (Å²) in [5.41, 5.74) is 1.31. The van der Waals surface area contributed by atoms with Crippen molar-refractivity contribution >= 4 is 13.5 Å². The van der Waals surface area contributed by atoms with E-state index >= 15 is 0 Å². The second-order valence-corrected chi connectivity index (χ2v) is 2.28. The third-order valence-electron chi connectivity index (χ3n) is 1.24. The second kappa shape index (κ2) is 7.73. The van der Waals surface area contributed by atoms with E-state index in [-0.39, 0.29) is 13.5 Å². The lowest BCUT2D eigenvalue weighted by molar-refractivity contribution is 0.833. The van der Waals surface area contributed by atoms with Crippen LogP contribution in [0.15, 0.2) is 18.3 Å². The molecule has 0 aliphatic carbocycles. The average molecular weight is 173 g/mol. The van der Waals surface area contributed by atoms with Crippen molar-refractivity contribution in [2.75, 3.05) is 0 Å². The van der Waals surface area contributed by atoms with Crippen molar-refractivity contribution in [2.24, 2.45) is 0 Å². The Morgan fingerprint density at radius 1 is 1.27 bits per heavy atom. The molecule has 1 heterocycles. The molecule has 0 aromatic carbocycles. The summed E-state index contributed by atoms with van der Waals surface area (Å²) < 4.78 is 0. The van der Waals surface area contributed by atoms with Crippen LogP contribution in [0.1, 0.15) is 39.3 Å². The summed E-state index contributed by atoms with van der Waals surface area (Å²) in [6.07, 6.45) is 1.95. The van der Waals surface area contributed by atoms with Crippen molar-refractivity contribution in [1.82, 2.24) is 4.98 Å². The maximum absolute atomic E-state index is 3.14. The lowest BCUT2D eigenvalue weighted by atomic mass is 10.1. The number of rotatable bonds is 1. The van der Waals surface area contributed by atoms with Crippen LogP contribution in [0, 0.1) is 0 Å². The maximum Gasteiger partial charge on any atom is 0.0173 e. The minimum Gasteiger partial charge on any atom is -0.365 e. The highest BCUT2D eigenvalue weighted by Crippen LogP contribution is 2.09. The van der Waals surface area contributed by atoms with Crippen LogP contribution in [0.2, 0.25) is 0 Å². The van der Waals surface area contributed by atoms with Crippen LogP contribution in [0.5, 0.6) is 0 Å². The topological polar surface area (TPSA) is 15.8 Å². The molecule has 0 atom stereocenters. The number of aromatic amines is 1. The Balaban J connectivity index is 0. The van der Waals surface area contributed by atoms with Crippen LogP contribution < -0.4 is 0 Å². The minimum absolute atomic E-state index is 0. The molecular weight excluding hydrogens is 154 g/mol. The van der Waals surface area contributed by atoms with Gasteiger partial charge in [-0.1, -0.05) is 27.7 Å². The lowest BCUT2D eigenvalue weighted by Gasteiger charge is -1.97. The Kier molecular flexibility index (Phi) is 9.31. The molecule has 66 valence electrons. The molecule has 0 amide bonds. The first kappa shape index (κ1) is 13.2. The van der Waals surface area contributed by atoms with Gasteiger partial charge in [0.15, 0.2) is 0 Å². The molecule has 11 heavy (non-hydrogen) atoms. The van der Waals surface area contributed by atoms with E-state index in [4.69, 9.17) is 0 Å². The van der Waals surface area contributed by atoms with Crippen LogP contribution in [-0.4, -0.2) is 4.98 Å². The minimum atomic E-state index is 0. The van der Waals surface area contributed by atoms with Crippen LogP contribution >= 0.6 is 13.5 Å². The quantitative estimate of drug-likeness (QED) is 0.671. The number of H-pyrrole nitrogens is 1. The Morgan fingerprint density at radius 2 is 1.82 bits per heavy atom. The summed E-state index contributed by atoms with van der Waals surface area (Å²) in [7, 11) is 0. The number of aromatic nitrogens is 1. The standard InChI is InChI=1S/C7H11N.C2H6.H2S/c1-6(2)7-4-3-5-8-7;1-2;/h3-6,8H,1-2H3;1-2H3;1H2. The van der Waals surface area contributed by atoms with E-state index < -0.39 is 0 Å². The van der Waals surface area contributed by atoms with E-state index in [1.165, 1.54) is 5.69 Å². The van der Waals surface area contributed by atoms with E-state index in [0.717, 1.165) is 0 Å². The van der Waals surface area contributed by atoms with E-state index in [2.05, 4.69) is 24.9 Å². The summed E-state index contributed by atoms with van der Waals surface area (Å²) in [4.78, 5) is 3.14. The zero-order valence-corrected chi connectivity index (χ0v) is 8.81. The molecule has 0 fully saturated rings. The summed E-state index contributed by atoms with van der Waals surface area (Å²) in [6, 6.07) is 4.12. The van der Waals surface area contributed by atoms with Crippen molar-refractivity contribution < 1.29 is 0 Å². The van der Waals surface area contributed by atoms with E-state index in [9.17, 15) is 0 Å². The fraction of sp³-hybridized carbons (Fsp3) is 0.556. The molecule has 0 radical (unpaired) electrons. The van der Waals surface area contributed by atoms with Gasteiger partial charge in [-0.15, -0.1) is 0 Å². The number of hydrogen-bond acceptors (Lipinski definition) is 0. The molecule has 1 aromatic rings. The fourth-order valence-electron chi connectivity index (χ4n) is 0.703. The van der Waals surface area contributed by atoms with Gasteiger partial charge >= 0.3 is 0 Å². The van der Waals surface area contributed by atoms with Crippen molar-refractivity contribution in [2.45, 2.75) is 33.6 Å². The van der Waals surface area contributed by atoms with E-state index in [1.54, 1.807) is 0 Å². The molecular formula is C9H19NS. The van der Waals surface area contributed by atoms with Gasteiger partial charge in [-0.25, -0.2) is 0 Å². The largest absolute Gasteiger partial charge is 0.365 e. The Hall–Kier alpha value is -0.370. The fourth-order valence-corrected chi connectivity index (χ4v) is 0.703. The molecule has 1 N–H and O–H groups in total. The molecule has 2 heteroatoms. The van der Waals surface area contributed by atoms with Gasteiger partial charge < -0.3 is 4.98 Å². The first-order valence-electron chi connectivity index (χ1n) is 3.94. The van der Waals surface area contributed by atoms with Gasteiger partial charge in [-0.3, -0.25) is 0 Å². The van der Waals surface area contributed by atoms with Crippen molar-refractivity contribution in [3.8, 4) is 0 Å². The van der Waals surface area contributed by atoms with Crippen molar-refractivity contribution in [1.29, 1.82) is 0 Å². The number of hydrogen-bond donors (Lipinski definition) is 1. The number of nitrogens with one attached hydrogen (secondary N) is 1. The molecule has 0 unspecified atom stereocenters. The van der Waals surface area contributed by atoms with Gasteiger partial charge in [0.05, 0.1) is 0 Å². The molecule has 0 saturated heterocycles. The van der Waals surface area contributed by atoms with Crippen LogP contribution in [0.3, 0.4) is 0 Å². The third-order valence-corrected chi connectivity index (χ3v) is 1.24. The molecule has 0 saturated carbocycles. The third kappa shape index (κ3) is 4.96. The van der Waals surface area contributed by atoms with E-state index in [0.29, 0.717) is 5.92 Å². The Morgan fingerprint density at radius 3 is 2.00 bits per heavy atom. The molecule has 0 spiro atoms. The first-order chi connectivity index (χ1) is 4.80. The molecule has 1 aromatic heterocycles. The predicted octanol–water partition coefficient (Wildman–Crippen LogP) is 3.28. The monoisotopic (exact) mass is 173 g/mol. The predicted molar refractivity (Wildman–Crippen MR) is 56.6 cm³/mol. The summed E-state index contributed by atoms with van der Waals surface area (Å²) in [5, 5.41) is 0. The molecule has 0 bridgehead atoms. The maximum atomic E-state index is 3.14. The van der Waals surface area contributed by atoms with Crippen LogP contribution in [-0.2, 0) is 0 Å². The molecule has 0 aliphatic heterocycles. The van der Waals surface area contributed by atoms with Gasteiger partial charge in [0.25, 0.3) is 0 Å². The lowest BCUT2D eigenvalue weighted by Crippen LogP contribution is -1.83. The highest BCUT2D eigenvalue weighted by molar-refractivity contribution is 7.59. The molecule has 1 rings (SSSR count). The van der Waals surface area contributed by atoms with Crippen molar-refractivity contribution in [3.05, 3.63) is 24.0 Å². The molecule has 1 nitrogen and oxygen atoms in total. The highest BCUT2D eigenvalue weighted by atomic mass is 32.1. The zero-order chi connectivity index (χ0) is 7.98. The summed E-state index contributed by atoms with van der Waals surface area (Å²) in [5.74, 6) is 0.630. The van der Waals surface area contributed by atoms with Crippen molar-refractivity contribution in [3.63, 3.8) is 0 Å². The smallest absolute Gasteiger partial charge is 0.0173 e. The van der Waals surface area contributed by atoms with Gasteiger partial charge in [-0.2, -0.15) is 13.5 Å². The normalized spacial score (nSPS) is 8.09. The SMILES string of the molecule is CC.CC(C)c1ccc[nH]1.S. The molecule has 0 aliphatic rings. The Bertz CT molecular complexity index is 145. The summed E-state index contributed by atoms with van der Waals surface area (Å²) in [6.45, 7) is 8.34. The van der Waals surface area contributed by atoms with E-state index in [1.807, 2.05) is 26.1 Å². The first-order valence-corrected chi connectivity index (χ1v) is 3.94. The van der Waals surface area contributed by atoms with Crippen LogP contribution in [0.4, 0.5) is 0 Å². The Labute approximate surface area is 76.7 Å². The highest BCUT2D eigenvalue weighted by Gasteiger charge is 1.94. The zero-order valence-electron chi connectivity index (χ0n) is 7.81. The second-order valence-electron chi connectivity index (χ2n) is 2.28. The van der Waals surface area contributed by atoms with Gasteiger partial charge in [-0.05, 0) is 18.1 Å². The van der Waals surface area contributed by atoms with Crippen LogP contribution in [0.25, 0.3) is 0 Å². The van der Waals surface area contributed by atoms with Gasteiger partial charge in [0, 0.05) is 11.9 Å². The average Bonchev–Trinajstić information content (AvgIpc) is 2.42. The summed E-state index contributed by atoms with van der Waals surface area (Å²) >= 11 is 0. The van der Waals surface area contributed by atoms with Gasteiger partial charge in [0.2, 0.25) is 0 Å². The van der Waals surface area contributed by atoms with Gasteiger partial charge in [0.1, 0.15) is 0 Å².